The zero-order valence-corrected chi connectivity index (χ0v) is 15.5. The molecule has 0 unspecified atom stereocenters. The summed E-state index contributed by atoms with van der Waals surface area (Å²) in [6, 6.07) is 20.9. The molecule has 5 nitrogen and oxygen atoms in total. The maximum absolute atomic E-state index is 12.3. The predicted molar refractivity (Wildman–Crippen MR) is 111 cm³/mol. The largest absolute Gasteiger partial charge is 0.481 e. The lowest BCUT2D eigenvalue weighted by Gasteiger charge is -2.13. The maximum Gasteiger partial charge on any atom is 0.280 e. The van der Waals surface area contributed by atoms with E-state index in [9.17, 15) is 4.79 Å². The zero-order chi connectivity index (χ0) is 19.8. The van der Waals surface area contributed by atoms with Crippen molar-refractivity contribution >= 4 is 22.9 Å². The molecule has 0 radical (unpaired) electrons. The molecule has 3 aromatic carbocycles. The first-order chi connectivity index (χ1) is 13.7. The number of benzene rings is 3. The zero-order valence-electron chi connectivity index (χ0n) is 15.5. The van der Waals surface area contributed by atoms with Gasteiger partial charge in [0, 0.05) is 5.56 Å². The van der Waals surface area contributed by atoms with Crippen molar-refractivity contribution in [2.75, 3.05) is 6.61 Å². The minimum absolute atomic E-state index is 0.161. The fraction of sp³-hybridized carbons (Fsp3) is 0.130. The van der Waals surface area contributed by atoms with Gasteiger partial charge in [-0.25, -0.2) is 5.43 Å². The molecular formula is C23H20N2O3. The summed E-state index contributed by atoms with van der Waals surface area (Å²) < 4.78 is 11.2. The highest BCUT2D eigenvalue weighted by atomic mass is 16.5. The second-order valence-corrected chi connectivity index (χ2v) is 6.03. The van der Waals surface area contributed by atoms with Gasteiger partial charge in [-0.15, -0.1) is 6.42 Å². The second-order valence-electron chi connectivity index (χ2n) is 6.03. The number of amides is 1. The highest BCUT2D eigenvalue weighted by Crippen LogP contribution is 2.21. The van der Waals surface area contributed by atoms with Crippen LogP contribution in [0.3, 0.4) is 0 Å². The highest BCUT2D eigenvalue weighted by Gasteiger charge is 2.14. The summed E-state index contributed by atoms with van der Waals surface area (Å²) in [6.07, 6.45) is 6.02. The molecule has 3 aromatic rings. The van der Waals surface area contributed by atoms with Crippen molar-refractivity contribution in [1.29, 1.82) is 0 Å². The summed E-state index contributed by atoms with van der Waals surface area (Å²) in [7, 11) is 0. The van der Waals surface area contributed by atoms with Crippen LogP contribution in [-0.2, 0) is 4.79 Å². The lowest BCUT2D eigenvalue weighted by molar-refractivity contribution is -0.127. The minimum atomic E-state index is -0.703. The Morgan fingerprint density at radius 2 is 1.89 bits per heavy atom. The number of hydrazone groups is 1. The molecule has 1 atom stereocenters. The van der Waals surface area contributed by atoms with E-state index in [0.29, 0.717) is 17.1 Å². The van der Waals surface area contributed by atoms with Gasteiger partial charge >= 0.3 is 0 Å². The highest BCUT2D eigenvalue weighted by molar-refractivity contribution is 5.87. The summed E-state index contributed by atoms with van der Waals surface area (Å²) >= 11 is 0. The third-order valence-electron chi connectivity index (χ3n) is 4.01. The van der Waals surface area contributed by atoms with Crippen LogP contribution >= 0.6 is 0 Å². The molecular weight excluding hydrogens is 352 g/mol. The summed E-state index contributed by atoms with van der Waals surface area (Å²) in [4.78, 5) is 12.3. The summed E-state index contributed by atoms with van der Waals surface area (Å²) in [6.45, 7) is 1.83. The van der Waals surface area contributed by atoms with Gasteiger partial charge in [-0.2, -0.15) is 5.10 Å². The Kier molecular flexibility index (Phi) is 6.27. The number of terminal acetylenes is 1. The molecule has 0 saturated heterocycles. The van der Waals surface area contributed by atoms with Crippen LogP contribution in [0.1, 0.15) is 12.5 Å². The van der Waals surface area contributed by atoms with Gasteiger partial charge in [0.2, 0.25) is 0 Å². The van der Waals surface area contributed by atoms with Crippen molar-refractivity contribution in [3.63, 3.8) is 0 Å². The van der Waals surface area contributed by atoms with Crippen molar-refractivity contribution in [2.24, 2.45) is 5.10 Å². The number of nitrogens with zero attached hydrogens (tertiary/aromatic N) is 1. The third kappa shape index (κ3) is 4.89. The van der Waals surface area contributed by atoms with Gasteiger partial charge in [-0.05, 0) is 42.0 Å². The Hall–Kier alpha value is -3.78. The third-order valence-corrected chi connectivity index (χ3v) is 4.01. The lowest BCUT2D eigenvalue weighted by atomic mass is 10.1. The first-order valence-corrected chi connectivity index (χ1v) is 8.81. The molecule has 0 saturated carbocycles. The van der Waals surface area contributed by atoms with Crippen molar-refractivity contribution in [2.45, 2.75) is 13.0 Å². The molecule has 28 heavy (non-hydrogen) atoms. The summed E-state index contributed by atoms with van der Waals surface area (Å²) in [5.41, 5.74) is 3.19. The number of rotatable bonds is 7. The second kappa shape index (κ2) is 9.24. The minimum Gasteiger partial charge on any atom is -0.481 e. The Bertz CT molecular complexity index is 1040. The number of fused-ring (bicyclic) bond motifs is 1. The number of carbonyl (C=O) groups excluding carboxylic acids is 1. The van der Waals surface area contributed by atoms with E-state index in [4.69, 9.17) is 15.9 Å². The molecule has 0 bridgehead atoms. The van der Waals surface area contributed by atoms with Crippen LogP contribution in [0.5, 0.6) is 11.5 Å². The molecule has 3 rings (SSSR count). The van der Waals surface area contributed by atoms with E-state index in [-0.39, 0.29) is 12.5 Å². The number of hydrogen-bond acceptors (Lipinski definition) is 4. The van der Waals surface area contributed by atoms with Gasteiger partial charge in [0.15, 0.2) is 6.10 Å². The van der Waals surface area contributed by atoms with Gasteiger partial charge < -0.3 is 9.47 Å². The summed E-state index contributed by atoms with van der Waals surface area (Å²) in [5, 5.41) is 6.15. The Balaban J connectivity index is 1.59. The van der Waals surface area contributed by atoms with Crippen LogP contribution < -0.4 is 14.9 Å². The molecule has 0 aliphatic rings. The molecule has 0 aliphatic heterocycles. The van der Waals surface area contributed by atoms with E-state index in [1.165, 1.54) is 6.21 Å². The molecule has 1 amide bonds. The lowest BCUT2D eigenvalue weighted by Crippen LogP contribution is -2.33. The Morgan fingerprint density at radius 1 is 1.14 bits per heavy atom. The summed E-state index contributed by atoms with van der Waals surface area (Å²) in [5.74, 6) is 3.28. The van der Waals surface area contributed by atoms with Crippen LogP contribution in [-0.4, -0.2) is 24.8 Å². The molecule has 0 heterocycles. The number of hydrogen-bond donors (Lipinski definition) is 1. The van der Waals surface area contributed by atoms with Gasteiger partial charge in [-0.1, -0.05) is 48.4 Å². The molecule has 0 fully saturated rings. The molecule has 0 aromatic heterocycles. The van der Waals surface area contributed by atoms with Gasteiger partial charge in [-0.3, -0.25) is 4.79 Å². The van der Waals surface area contributed by atoms with E-state index >= 15 is 0 Å². The Morgan fingerprint density at radius 3 is 2.71 bits per heavy atom. The van der Waals surface area contributed by atoms with E-state index in [1.54, 1.807) is 13.0 Å². The van der Waals surface area contributed by atoms with Crippen LogP contribution in [0.4, 0.5) is 0 Å². The van der Waals surface area contributed by atoms with Gasteiger partial charge in [0.05, 0.1) is 6.21 Å². The van der Waals surface area contributed by atoms with E-state index < -0.39 is 6.10 Å². The van der Waals surface area contributed by atoms with Crippen molar-refractivity contribution in [3.05, 3.63) is 72.3 Å². The molecule has 5 heteroatoms. The van der Waals surface area contributed by atoms with Crippen molar-refractivity contribution < 1.29 is 14.3 Å². The number of ether oxygens (including phenoxy) is 2. The SMILES string of the molecule is C#CCOc1ccccc1/C=N\NC(=O)[C@@H](C)Oc1ccc2ccccc2c1. The Labute approximate surface area is 164 Å². The normalized spacial score (nSPS) is 11.7. The number of nitrogens with one attached hydrogen (secondary N) is 1. The first kappa shape index (κ1) is 19.0. The molecule has 1 N–H and O–H groups in total. The van der Waals surface area contributed by atoms with Crippen molar-refractivity contribution in [1.82, 2.24) is 5.43 Å². The van der Waals surface area contributed by atoms with Crippen LogP contribution in [0, 0.1) is 12.3 Å². The standard InChI is InChI=1S/C23H20N2O3/c1-3-14-27-22-11-7-6-10-20(22)16-24-25-23(26)17(2)28-21-13-12-18-8-4-5-9-19(18)15-21/h1,4-13,15-17H,14H2,2H3,(H,25,26)/b24-16-/t17-/m1/s1. The molecule has 0 aliphatic carbocycles. The quantitative estimate of drug-likeness (QED) is 0.390. The topological polar surface area (TPSA) is 59.9 Å². The van der Waals surface area contributed by atoms with Crippen LogP contribution in [0.2, 0.25) is 0 Å². The number of para-hydroxylation sites is 1. The molecule has 0 spiro atoms. The van der Waals surface area contributed by atoms with E-state index in [2.05, 4.69) is 16.4 Å². The first-order valence-electron chi connectivity index (χ1n) is 8.81. The smallest absolute Gasteiger partial charge is 0.280 e. The van der Waals surface area contributed by atoms with Gasteiger partial charge in [0.1, 0.15) is 18.1 Å². The predicted octanol–water partition coefficient (Wildman–Crippen LogP) is 3.77. The monoisotopic (exact) mass is 372 g/mol. The fourth-order valence-electron chi connectivity index (χ4n) is 2.59. The van der Waals surface area contributed by atoms with Gasteiger partial charge in [0.25, 0.3) is 5.91 Å². The fourth-order valence-corrected chi connectivity index (χ4v) is 2.59. The number of carbonyl (C=O) groups is 1. The van der Waals surface area contributed by atoms with Crippen LogP contribution in [0.25, 0.3) is 10.8 Å². The van der Waals surface area contributed by atoms with Crippen molar-refractivity contribution in [3.8, 4) is 23.8 Å². The van der Waals surface area contributed by atoms with Crippen LogP contribution in [0.15, 0.2) is 71.8 Å². The van der Waals surface area contributed by atoms with E-state index in [1.807, 2.05) is 60.7 Å². The van der Waals surface area contributed by atoms with E-state index in [0.717, 1.165) is 10.8 Å². The average Bonchev–Trinajstić information content (AvgIpc) is 2.72. The maximum atomic E-state index is 12.3. The molecule has 140 valence electrons. The average molecular weight is 372 g/mol.